The van der Waals surface area contributed by atoms with Crippen LogP contribution in [0.3, 0.4) is 0 Å². The van der Waals surface area contributed by atoms with Crippen LogP contribution < -0.4 is 0 Å². The van der Waals surface area contributed by atoms with Gasteiger partial charge in [0.15, 0.2) is 0 Å². The SMILES string of the molecule is Cc1nc(C(C)(C)C)sc1/C=C/C(=O)O. The van der Waals surface area contributed by atoms with Gasteiger partial charge in [-0.05, 0) is 13.0 Å². The van der Waals surface area contributed by atoms with E-state index < -0.39 is 5.97 Å². The average molecular weight is 225 g/mol. The Morgan fingerprint density at radius 2 is 2.07 bits per heavy atom. The molecule has 15 heavy (non-hydrogen) atoms. The summed E-state index contributed by atoms with van der Waals surface area (Å²) in [4.78, 5) is 15.7. The number of hydrogen-bond acceptors (Lipinski definition) is 3. The van der Waals surface area contributed by atoms with Crippen LogP contribution in [0.5, 0.6) is 0 Å². The molecule has 0 aliphatic rings. The largest absolute Gasteiger partial charge is 0.478 e. The predicted octanol–water partition coefficient (Wildman–Crippen LogP) is 2.85. The molecule has 0 saturated carbocycles. The van der Waals surface area contributed by atoms with Crippen LogP contribution in [0, 0.1) is 6.92 Å². The molecule has 1 N–H and O–H groups in total. The lowest BCUT2D eigenvalue weighted by molar-refractivity contribution is -0.131. The van der Waals surface area contributed by atoms with Crippen molar-refractivity contribution < 1.29 is 9.90 Å². The summed E-state index contributed by atoms with van der Waals surface area (Å²) in [5.41, 5.74) is 0.910. The number of aliphatic carboxylic acids is 1. The molecule has 1 aromatic rings. The van der Waals surface area contributed by atoms with Crippen LogP contribution >= 0.6 is 11.3 Å². The van der Waals surface area contributed by atoms with Gasteiger partial charge in [-0.15, -0.1) is 11.3 Å². The van der Waals surface area contributed by atoms with Crippen molar-refractivity contribution in [2.24, 2.45) is 0 Å². The second-order valence-electron chi connectivity index (χ2n) is 4.39. The summed E-state index contributed by atoms with van der Waals surface area (Å²) >= 11 is 1.55. The summed E-state index contributed by atoms with van der Waals surface area (Å²) in [6, 6.07) is 0. The second-order valence-corrected chi connectivity index (χ2v) is 5.42. The molecule has 0 fully saturated rings. The summed E-state index contributed by atoms with van der Waals surface area (Å²) in [5.74, 6) is -0.930. The Kier molecular flexibility index (Phi) is 3.29. The van der Waals surface area contributed by atoms with E-state index in [4.69, 9.17) is 5.11 Å². The van der Waals surface area contributed by atoms with Crippen molar-refractivity contribution >= 4 is 23.4 Å². The highest BCUT2D eigenvalue weighted by atomic mass is 32.1. The lowest BCUT2D eigenvalue weighted by Crippen LogP contribution is -2.10. The third kappa shape index (κ3) is 3.16. The molecule has 1 heterocycles. The van der Waals surface area contributed by atoms with Crippen molar-refractivity contribution in [1.29, 1.82) is 0 Å². The molecule has 0 spiro atoms. The van der Waals surface area contributed by atoms with Gasteiger partial charge in [0, 0.05) is 11.5 Å². The molecular formula is C11H15NO2S. The van der Waals surface area contributed by atoms with E-state index in [1.807, 2.05) is 6.92 Å². The van der Waals surface area contributed by atoms with E-state index in [0.717, 1.165) is 21.7 Å². The molecule has 82 valence electrons. The van der Waals surface area contributed by atoms with Crippen molar-refractivity contribution in [1.82, 2.24) is 4.98 Å². The van der Waals surface area contributed by atoms with Crippen LogP contribution in [0.4, 0.5) is 0 Å². The molecule has 0 bridgehead atoms. The van der Waals surface area contributed by atoms with Gasteiger partial charge in [-0.2, -0.15) is 0 Å². The average Bonchev–Trinajstić information content (AvgIpc) is 2.42. The molecule has 0 aliphatic heterocycles. The number of carbonyl (C=O) groups is 1. The Morgan fingerprint density at radius 1 is 1.47 bits per heavy atom. The van der Waals surface area contributed by atoms with Gasteiger partial charge in [-0.1, -0.05) is 20.8 Å². The Labute approximate surface area is 93.5 Å². The Bertz CT molecular complexity index is 399. The van der Waals surface area contributed by atoms with Crippen LogP contribution in [0.1, 0.15) is 36.3 Å². The van der Waals surface area contributed by atoms with Gasteiger partial charge in [-0.3, -0.25) is 0 Å². The smallest absolute Gasteiger partial charge is 0.328 e. The number of aromatic nitrogens is 1. The van der Waals surface area contributed by atoms with E-state index in [0.29, 0.717) is 0 Å². The minimum atomic E-state index is -0.930. The highest BCUT2D eigenvalue weighted by Gasteiger charge is 2.19. The van der Waals surface area contributed by atoms with Crippen molar-refractivity contribution in [2.75, 3.05) is 0 Å². The fraction of sp³-hybridized carbons (Fsp3) is 0.455. The summed E-state index contributed by atoms with van der Waals surface area (Å²) in [6.07, 6.45) is 2.75. The lowest BCUT2D eigenvalue weighted by Gasteiger charge is -2.13. The van der Waals surface area contributed by atoms with Crippen molar-refractivity contribution in [3.05, 3.63) is 21.7 Å². The molecule has 0 radical (unpaired) electrons. The van der Waals surface area contributed by atoms with Crippen molar-refractivity contribution in [2.45, 2.75) is 33.1 Å². The number of hydrogen-bond donors (Lipinski definition) is 1. The standard InChI is InChI=1S/C11H15NO2S/c1-7-8(5-6-9(13)14)15-10(12-7)11(2,3)4/h5-6H,1-4H3,(H,13,14)/b6-5+. The molecule has 0 aliphatic carbocycles. The topological polar surface area (TPSA) is 50.2 Å². The number of aryl methyl sites for hydroxylation is 1. The van der Waals surface area contributed by atoms with Gasteiger partial charge in [0.25, 0.3) is 0 Å². The van der Waals surface area contributed by atoms with Gasteiger partial charge < -0.3 is 5.11 Å². The van der Waals surface area contributed by atoms with Crippen molar-refractivity contribution in [3.8, 4) is 0 Å². The predicted molar refractivity (Wildman–Crippen MR) is 62.2 cm³/mol. The first-order valence-electron chi connectivity index (χ1n) is 4.69. The second kappa shape index (κ2) is 4.14. The van der Waals surface area contributed by atoms with Crippen LogP contribution in [0.25, 0.3) is 6.08 Å². The van der Waals surface area contributed by atoms with E-state index in [2.05, 4.69) is 25.8 Å². The van der Waals surface area contributed by atoms with Crippen LogP contribution in [-0.4, -0.2) is 16.1 Å². The quantitative estimate of drug-likeness (QED) is 0.787. The first-order chi connectivity index (χ1) is 6.80. The Hall–Kier alpha value is -1.16. The fourth-order valence-corrected chi connectivity index (χ4v) is 2.06. The molecule has 0 aromatic carbocycles. The third-order valence-corrected chi connectivity index (χ3v) is 3.40. The van der Waals surface area contributed by atoms with E-state index in [1.54, 1.807) is 17.4 Å². The monoisotopic (exact) mass is 225 g/mol. The van der Waals surface area contributed by atoms with Crippen LogP contribution in [0.2, 0.25) is 0 Å². The third-order valence-electron chi connectivity index (χ3n) is 1.85. The van der Waals surface area contributed by atoms with Gasteiger partial charge in [0.2, 0.25) is 0 Å². The van der Waals surface area contributed by atoms with E-state index in [-0.39, 0.29) is 5.41 Å². The molecule has 0 saturated heterocycles. The molecule has 0 unspecified atom stereocenters. The summed E-state index contributed by atoms with van der Waals surface area (Å²) in [7, 11) is 0. The molecule has 0 amide bonds. The number of rotatable bonds is 2. The minimum absolute atomic E-state index is 0.0186. The molecule has 1 aromatic heterocycles. The lowest BCUT2D eigenvalue weighted by atomic mass is 9.98. The first kappa shape index (κ1) is 11.9. The summed E-state index contributed by atoms with van der Waals surface area (Å²) < 4.78 is 0. The van der Waals surface area contributed by atoms with Crippen LogP contribution in [0.15, 0.2) is 6.08 Å². The van der Waals surface area contributed by atoms with E-state index in [1.165, 1.54) is 0 Å². The number of carboxylic acid groups (broad SMARTS) is 1. The fourth-order valence-electron chi connectivity index (χ4n) is 1.03. The van der Waals surface area contributed by atoms with Crippen LogP contribution in [-0.2, 0) is 10.2 Å². The van der Waals surface area contributed by atoms with E-state index in [9.17, 15) is 4.79 Å². The zero-order chi connectivity index (χ0) is 11.6. The molecule has 4 heteroatoms. The maximum Gasteiger partial charge on any atom is 0.328 e. The number of thiazole rings is 1. The highest BCUT2D eigenvalue weighted by Crippen LogP contribution is 2.29. The number of nitrogens with zero attached hydrogens (tertiary/aromatic N) is 1. The molecule has 0 atom stereocenters. The zero-order valence-corrected chi connectivity index (χ0v) is 10.2. The van der Waals surface area contributed by atoms with Gasteiger partial charge >= 0.3 is 5.97 Å². The van der Waals surface area contributed by atoms with Crippen molar-refractivity contribution in [3.63, 3.8) is 0 Å². The van der Waals surface area contributed by atoms with Gasteiger partial charge in [0.05, 0.1) is 15.6 Å². The summed E-state index contributed by atoms with van der Waals surface area (Å²) in [6.45, 7) is 8.18. The van der Waals surface area contributed by atoms with E-state index >= 15 is 0 Å². The summed E-state index contributed by atoms with van der Waals surface area (Å²) in [5, 5.41) is 9.56. The molecule has 3 nitrogen and oxygen atoms in total. The van der Waals surface area contributed by atoms with Gasteiger partial charge in [0.1, 0.15) is 0 Å². The molecule has 1 rings (SSSR count). The normalized spacial score (nSPS) is 12.3. The number of carboxylic acids is 1. The Morgan fingerprint density at radius 3 is 2.47 bits per heavy atom. The highest BCUT2D eigenvalue weighted by molar-refractivity contribution is 7.12. The van der Waals surface area contributed by atoms with Gasteiger partial charge in [-0.25, -0.2) is 9.78 Å². The maximum atomic E-state index is 10.4. The first-order valence-corrected chi connectivity index (χ1v) is 5.51. The Balaban J connectivity index is 3.02. The zero-order valence-electron chi connectivity index (χ0n) is 9.37. The minimum Gasteiger partial charge on any atom is -0.478 e. The maximum absolute atomic E-state index is 10.4. The molecular weight excluding hydrogens is 210 g/mol.